The summed E-state index contributed by atoms with van der Waals surface area (Å²) in [6, 6.07) is 0. The van der Waals surface area contributed by atoms with Gasteiger partial charge in [0.05, 0.1) is 0 Å². The molecule has 0 aliphatic carbocycles. The zero-order valence-corrected chi connectivity index (χ0v) is 8.04. The van der Waals surface area contributed by atoms with E-state index in [0.29, 0.717) is 12.8 Å². The molecule has 0 aromatic heterocycles. The van der Waals surface area contributed by atoms with Crippen molar-refractivity contribution in [3.63, 3.8) is 0 Å². The number of hydrogen-bond acceptors (Lipinski definition) is 3. The molecule has 0 aromatic rings. The van der Waals surface area contributed by atoms with Crippen molar-refractivity contribution >= 4 is 11.9 Å². The number of ether oxygens (including phenoxy) is 1. The molecule has 0 saturated carbocycles. The first-order chi connectivity index (χ1) is 6.22. The van der Waals surface area contributed by atoms with E-state index in [1.54, 1.807) is 0 Å². The fourth-order valence-electron chi connectivity index (χ4n) is 1.64. The zero-order chi connectivity index (χ0) is 9.68. The van der Waals surface area contributed by atoms with Gasteiger partial charge in [0.25, 0.3) is 0 Å². The van der Waals surface area contributed by atoms with Crippen LogP contribution in [0, 0.1) is 5.92 Å². The number of carbonyl (C=O) groups is 2. The van der Waals surface area contributed by atoms with Gasteiger partial charge in [-0.05, 0) is 12.3 Å². The number of unbranched alkanes of at least 4 members (excludes halogenated alkanes) is 2. The lowest BCUT2D eigenvalue weighted by Gasteiger charge is -2.19. The second-order valence-electron chi connectivity index (χ2n) is 3.62. The predicted molar refractivity (Wildman–Crippen MR) is 48.0 cm³/mol. The molecule has 74 valence electrons. The second-order valence-corrected chi connectivity index (χ2v) is 3.62. The van der Waals surface area contributed by atoms with Crippen LogP contribution in [0.5, 0.6) is 0 Å². The summed E-state index contributed by atoms with van der Waals surface area (Å²) >= 11 is 0. The van der Waals surface area contributed by atoms with Gasteiger partial charge in [0.2, 0.25) is 0 Å². The fourth-order valence-corrected chi connectivity index (χ4v) is 1.64. The summed E-state index contributed by atoms with van der Waals surface area (Å²) < 4.78 is 4.44. The molecule has 0 amide bonds. The average molecular weight is 184 g/mol. The van der Waals surface area contributed by atoms with Crippen molar-refractivity contribution < 1.29 is 14.3 Å². The topological polar surface area (TPSA) is 43.4 Å². The maximum Gasteiger partial charge on any atom is 0.313 e. The van der Waals surface area contributed by atoms with Crippen molar-refractivity contribution in [2.45, 2.75) is 45.4 Å². The first-order valence-electron chi connectivity index (χ1n) is 4.96. The molecular weight excluding hydrogens is 168 g/mol. The highest BCUT2D eigenvalue weighted by Crippen LogP contribution is 2.22. The van der Waals surface area contributed by atoms with E-state index < -0.39 is 0 Å². The van der Waals surface area contributed by atoms with Crippen LogP contribution in [0.1, 0.15) is 45.4 Å². The quantitative estimate of drug-likeness (QED) is 0.381. The first-order valence-corrected chi connectivity index (χ1v) is 4.96. The van der Waals surface area contributed by atoms with Crippen LogP contribution in [0.3, 0.4) is 0 Å². The Morgan fingerprint density at radius 3 is 2.38 bits per heavy atom. The maximum absolute atomic E-state index is 10.9. The molecule has 1 aliphatic heterocycles. The van der Waals surface area contributed by atoms with Crippen LogP contribution in [0.4, 0.5) is 0 Å². The van der Waals surface area contributed by atoms with Crippen LogP contribution in [0.2, 0.25) is 0 Å². The molecule has 13 heavy (non-hydrogen) atoms. The number of carbonyl (C=O) groups excluding carboxylic acids is 2. The molecule has 1 heterocycles. The highest BCUT2D eigenvalue weighted by molar-refractivity contribution is 5.88. The van der Waals surface area contributed by atoms with E-state index >= 15 is 0 Å². The Morgan fingerprint density at radius 2 is 1.85 bits per heavy atom. The molecule has 0 N–H and O–H groups in total. The minimum absolute atomic E-state index is 0.236. The minimum Gasteiger partial charge on any atom is -0.393 e. The summed E-state index contributed by atoms with van der Waals surface area (Å²) in [7, 11) is 0. The Hall–Kier alpha value is -0.860. The van der Waals surface area contributed by atoms with Crippen LogP contribution in [0.15, 0.2) is 0 Å². The van der Waals surface area contributed by atoms with E-state index in [4.69, 9.17) is 0 Å². The Balaban J connectivity index is 2.25. The molecule has 0 unspecified atom stereocenters. The first kappa shape index (κ1) is 10.2. The third-order valence-electron chi connectivity index (χ3n) is 2.35. The smallest absolute Gasteiger partial charge is 0.313 e. The third-order valence-corrected chi connectivity index (χ3v) is 2.35. The highest BCUT2D eigenvalue weighted by atomic mass is 16.6. The molecule has 3 nitrogen and oxygen atoms in total. The Labute approximate surface area is 78.5 Å². The standard InChI is InChI=1S/C10H16O3/c1-2-3-4-5-8-6-9(11)13-10(12)7-8/h8H,2-7H2,1H3. The summed E-state index contributed by atoms with van der Waals surface area (Å²) in [5, 5.41) is 0. The zero-order valence-electron chi connectivity index (χ0n) is 8.04. The molecule has 1 aliphatic rings. The fraction of sp³-hybridized carbons (Fsp3) is 0.800. The molecule has 1 rings (SSSR count). The monoisotopic (exact) mass is 184 g/mol. The van der Waals surface area contributed by atoms with Gasteiger partial charge in [0, 0.05) is 12.8 Å². The van der Waals surface area contributed by atoms with Crippen molar-refractivity contribution in [2.24, 2.45) is 5.92 Å². The van der Waals surface area contributed by atoms with Gasteiger partial charge in [-0.3, -0.25) is 9.59 Å². The van der Waals surface area contributed by atoms with Gasteiger partial charge >= 0.3 is 11.9 Å². The number of hydrogen-bond donors (Lipinski definition) is 0. The summed E-state index contributed by atoms with van der Waals surface area (Å²) in [5.74, 6) is -0.462. The van der Waals surface area contributed by atoms with Crippen molar-refractivity contribution in [1.29, 1.82) is 0 Å². The number of cyclic esters (lactones) is 2. The lowest BCUT2D eigenvalue weighted by molar-refractivity contribution is -0.165. The lowest BCUT2D eigenvalue weighted by Crippen LogP contribution is -2.25. The van der Waals surface area contributed by atoms with Gasteiger partial charge < -0.3 is 4.74 Å². The number of esters is 2. The van der Waals surface area contributed by atoms with E-state index in [1.165, 1.54) is 12.8 Å². The SMILES string of the molecule is CCCCCC1CC(=O)OC(=O)C1. The molecule has 0 aromatic carbocycles. The third kappa shape index (κ3) is 3.57. The van der Waals surface area contributed by atoms with Gasteiger partial charge in [0.15, 0.2) is 0 Å². The number of rotatable bonds is 4. The van der Waals surface area contributed by atoms with E-state index in [2.05, 4.69) is 11.7 Å². The molecule has 0 bridgehead atoms. The molecule has 3 heteroatoms. The van der Waals surface area contributed by atoms with Crippen LogP contribution in [0.25, 0.3) is 0 Å². The Kier molecular flexibility index (Phi) is 3.93. The molecule has 0 atom stereocenters. The van der Waals surface area contributed by atoms with Crippen LogP contribution >= 0.6 is 0 Å². The van der Waals surface area contributed by atoms with E-state index in [9.17, 15) is 9.59 Å². The molecule has 1 saturated heterocycles. The van der Waals surface area contributed by atoms with Gasteiger partial charge in [-0.25, -0.2) is 0 Å². The average Bonchev–Trinajstić information content (AvgIpc) is 2.03. The van der Waals surface area contributed by atoms with Crippen molar-refractivity contribution in [3.8, 4) is 0 Å². The maximum atomic E-state index is 10.9. The summed E-state index contributed by atoms with van der Waals surface area (Å²) in [5.41, 5.74) is 0. The van der Waals surface area contributed by atoms with Crippen molar-refractivity contribution in [2.75, 3.05) is 0 Å². The Morgan fingerprint density at radius 1 is 1.23 bits per heavy atom. The molecule has 0 radical (unpaired) electrons. The largest absolute Gasteiger partial charge is 0.393 e. The lowest BCUT2D eigenvalue weighted by atomic mass is 9.93. The highest BCUT2D eigenvalue weighted by Gasteiger charge is 2.26. The van der Waals surface area contributed by atoms with Gasteiger partial charge in [0.1, 0.15) is 0 Å². The van der Waals surface area contributed by atoms with Crippen LogP contribution in [-0.4, -0.2) is 11.9 Å². The normalized spacial score (nSPS) is 18.8. The second kappa shape index (κ2) is 5.00. The Bertz CT molecular complexity index is 182. The molecule has 0 spiro atoms. The van der Waals surface area contributed by atoms with Crippen molar-refractivity contribution in [3.05, 3.63) is 0 Å². The van der Waals surface area contributed by atoms with Crippen LogP contribution in [-0.2, 0) is 14.3 Å². The van der Waals surface area contributed by atoms with Crippen molar-refractivity contribution in [1.82, 2.24) is 0 Å². The summed E-state index contributed by atoms with van der Waals surface area (Å²) in [4.78, 5) is 21.7. The van der Waals surface area contributed by atoms with Gasteiger partial charge in [-0.15, -0.1) is 0 Å². The van der Waals surface area contributed by atoms with Gasteiger partial charge in [-0.2, -0.15) is 0 Å². The van der Waals surface area contributed by atoms with E-state index in [-0.39, 0.29) is 17.9 Å². The predicted octanol–water partition coefficient (Wildman–Crippen LogP) is 2.05. The minimum atomic E-state index is -0.349. The summed E-state index contributed by atoms with van der Waals surface area (Å²) in [6.45, 7) is 2.14. The molecule has 1 fully saturated rings. The molecular formula is C10H16O3. The van der Waals surface area contributed by atoms with Crippen LogP contribution < -0.4 is 0 Å². The van der Waals surface area contributed by atoms with E-state index in [1.807, 2.05) is 0 Å². The van der Waals surface area contributed by atoms with E-state index in [0.717, 1.165) is 12.8 Å². The van der Waals surface area contributed by atoms with Gasteiger partial charge in [-0.1, -0.05) is 26.2 Å². The summed E-state index contributed by atoms with van der Waals surface area (Å²) in [6.07, 6.45) is 5.30.